The number of hydrogen-bond acceptors (Lipinski definition) is 3. The zero-order valence-corrected chi connectivity index (χ0v) is 10.3. The van der Waals surface area contributed by atoms with Gasteiger partial charge in [0.2, 0.25) is 5.91 Å². The molecule has 0 aliphatic rings. The van der Waals surface area contributed by atoms with Gasteiger partial charge in [-0.25, -0.2) is 0 Å². The lowest BCUT2D eigenvalue weighted by atomic mass is 10.2. The maximum atomic E-state index is 10.6. The van der Waals surface area contributed by atoms with Crippen molar-refractivity contribution in [3.05, 3.63) is 29.8 Å². The molecule has 4 heteroatoms. The van der Waals surface area contributed by atoms with Gasteiger partial charge in [0, 0.05) is 6.08 Å². The van der Waals surface area contributed by atoms with Gasteiger partial charge in [0.1, 0.15) is 0 Å². The zero-order valence-electron chi connectivity index (χ0n) is 10.3. The number of amides is 1. The molecular weight excluding hydrogens is 218 g/mol. The van der Waals surface area contributed by atoms with E-state index < -0.39 is 5.91 Å². The molecule has 1 amide bonds. The summed E-state index contributed by atoms with van der Waals surface area (Å²) in [5.41, 5.74) is 5.86. The predicted octanol–water partition coefficient (Wildman–Crippen LogP) is 1.98. The third-order valence-corrected chi connectivity index (χ3v) is 1.99. The Balaban J connectivity index is 2.95. The average Bonchev–Trinajstić information content (AvgIpc) is 2.26. The molecule has 1 aromatic rings. The Kier molecular flexibility index (Phi) is 4.57. The molecule has 0 aliphatic carbocycles. The Bertz CT molecular complexity index is 425. The molecule has 2 N–H and O–H groups in total. The van der Waals surface area contributed by atoms with Crippen molar-refractivity contribution >= 4 is 12.0 Å². The molecular formula is C13H17NO3. The third-order valence-electron chi connectivity index (χ3n) is 1.99. The summed E-state index contributed by atoms with van der Waals surface area (Å²) in [5, 5.41) is 0. The molecule has 0 radical (unpaired) electrons. The van der Waals surface area contributed by atoms with Crippen LogP contribution in [0.25, 0.3) is 6.08 Å². The molecule has 0 bridgehead atoms. The number of methoxy groups -OCH3 is 1. The molecule has 0 aliphatic heterocycles. The minimum atomic E-state index is -0.480. The standard InChI is InChI=1S/C13H17NO3/c1-9(2)17-11-6-4-10(5-7-13(14)15)8-12(11)16-3/h4-9H,1-3H3,(H2,14,15)/b7-5-. The Labute approximate surface area is 101 Å². The van der Waals surface area contributed by atoms with Crippen molar-refractivity contribution in [2.45, 2.75) is 20.0 Å². The van der Waals surface area contributed by atoms with E-state index >= 15 is 0 Å². The molecule has 0 saturated carbocycles. The summed E-state index contributed by atoms with van der Waals surface area (Å²) >= 11 is 0. The normalized spacial score (nSPS) is 10.8. The molecule has 17 heavy (non-hydrogen) atoms. The summed E-state index contributed by atoms with van der Waals surface area (Å²) in [7, 11) is 1.57. The van der Waals surface area contributed by atoms with Gasteiger partial charge >= 0.3 is 0 Å². The Morgan fingerprint density at radius 3 is 2.59 bits per heavy atom. The lowest BCUT2D eigenvalue weighted by Crippen LogP contribution is -2.07. The summed E-state index contributed by atoms with van der Waals surface area (Å²) in [4.78, 5) is 10.6. The van der Waals surface area contributed by atoms with Crippen LogP contribution in [0.2, 0.25) is 0 Å². The molecule has 1 aromatic carbocycles. The minimum absolute atomic E-state index is 0.0795. The van der Waals surface area contributed by atoms with E-state index in [0.717, 1.165) is 5.56 Å². The number of carbonyl (C=O) groups excluding carboxylic acids is 1. The fourth-order valence-electron chi connectivity index (χ4n) is 1.32. The molecule has 0 aromatic heterocycles. The smallest absolute Gasteiger partial charge is 0.241 e. The number of hydrogen-bond donors (Lipinski definition) is 1. The van der Waals surface area contributed by atoms with Crippen molar-refractivity contribution in [3.63, 3.8) is 0 Å². The van der Waals surface area contributed by atoms with Crippen LogP contribution in [0.4, 0.5) is 0 Å². The van der Waals surface area contributed by atoms with Gasteiger partial charge in [0.15, 0.2) is 11.5 Å². The van der Waals surface area contributed by atoms with E-state index in [9.17, 15) is 4.79 Å². The Hall–Kier alpha value is -1.97. The fourth-order valence-corrected chi connectivity index (χ4v) is 1.32. The van der Waals surface area contributed by atoms with Crippen LogP contribution in [0.3, 0.4) is 0 Å². The van der Waals surface area contributed by atoms with Crippen molar-refractivity contribution in [2.75, 3.05) is 7.11 Å². The lowest BCUT2D eigenvalue weighted by Gasteiger charge is -2.13. The first-order chi connectivity index (χ1) is 8.02. The molecule has 0 spiro atoms. The highest BCUT2D eigenvalue weighted by Crippen LogP contribution is 2.29. The second kappa shape index (κ2) is 5.94. The zero-order chi connectivity index (χ0) is 12.8. The largest absolute Gasteiger partial charge is 0.493 e. The second-order valence-electron chi connectivity index (χ2n) is 3.81. The maximum Gasteiger partial charge on any atom is 0.241 e. The van der Waals surface area contributed by atoms with Crippen molar-refractivity contribution < 1.29 is 14.3 Å². The first kappa shape index (κ1) is 13.1. The molecule has 0 heterocycles. The summed E-state index contributed by atoms with van der Waals surface area (Å²) in [6.45, 7) is 3.89. The quantitative estimate of drug-likeness (QED) is 0.794. The monoisotopic (exact) mass is 235 g/mol. The van der Waals surface area contributed by atoms with Crippen LogP contribution >= 0.6 is 0 Å². The van der Waals surface area contributed by atoms with Crippen LogP contribution < -0.4 is 15.2 Å². The number of primary amides is 1. The number of ether oxygens (including phenoxy) is 2. The lowest BCUT2D eigenvalue weighted by molar-refractivity contribution is -0.113. The molecule has 0 fully saturated rings. The molecule has 0 atom stereocenters. The summed E-state index contributed by atoms with van der Waals surface area (Å²) in [6.07, 6.45) is 3.01. The highest BCUT2D eigenvalue weighted by atomic mass is 16.5. The van der Waals surface area contributed by atoms with E-state index in [2.05, 4.69) is 0 Å². The molecule has 92 valence electrons. The van der Waals surface area contributed by atoms with E-state index in [0.29, 0.717) is 11.5 Å². The minimum Gasteiger partial charge on any atom is -0.493 e. The van der Waals surface area contributed by atoms with Crippen molar-refractivity contribution in [2.24, 2.45) is 5.73 Å². The van der Waals surface area contributed by atoms with Gasteiger partial charge in [-0.15, -0.1) is 0 Å². The second-order valence-corrected chi connectivity index (χ2v) is 3.81. The topological polar surface area (TPSA) is 61.5 Å². The van der Waals surface area contributed by atoms with Gasteiger partial charge in [-0.2, -0.15) is 0 Å². The maximum absolute atomic E-state index is 10.6. The molecule has 0 saturated heterocycles. The summed E-state index contributed by atoms with van der Waals surface area (Å²) in [5.74, 6) is 0.829. The number of carbonyl (C=O) groups is 1. The molecule has 4 nitrogen and oxygen atoms in total. The van der Waals surface area contributed by atoms with Crippen molar-refractivity contribution in [1.29, 1.82) is 0 Å². The average molecular weight is 235 g/mol. The van der Waals surface area contributed by atoms with E-state index in [1.165, 1.54) is 6.08 Å². The highest BCUT2D eigenvalue weighted by molar-refractivity contribution is 5.90. The number of rotatable bonds is 5. The van der Waals surface area contributed by atoms with Gasteiger partial charge < -0.3 is 15.2 Å². The Morgan fingerprint density at radius 2 is 2.06 bits per heavy atom. The molecule has 1 rings (SSSR count). The first-order valence-corrected chi connectivity index (χ1v) is 5.35. The van der Waals surface area contributed by atoms with Gasteiger partial charge in [-0.05, 0) is 37.6 Å². The Morgan fingerprint density at radius 1 is 1.35 bits per heavy atom. The van der Waals surface area contributed by atoms with Crippen LogP contribution in [-0.4, -0.2) is 19.1 Å². The molecule has 0 unspecified atom stereocenters. The van der Waals surface area contributed by atoms with Crippen LogP contribution in [0, 0.1) is 0 Å². The van der Waals surface area contributed by atoms with E-state index in [4.69, 9.17) is 15.2 Å². The van der Waals surface area contributed by atoms with E-state index in [-0.39, 0.29) is 6.10 Å². The van der Waals surface area contributed by atoms with Crippen molar-refractivity contribution in [3.8, 4) is 11.5 Å². The van der Waals surface area contributed by atoms with Gasteiger partial charge in [0.05, 0.1) is 13.2 Å². The van der Waals surface area contributed by atoms with E-state index in [1.54, 1.807) is 25.3 Å². The van der Waals surface area contributed by atoms with Crippen LogP contribution in [-0.2, 0) is 4.79 Å². The van der Waals surface area contributed by atoms with Crippen LogP contribution in [0.5, 0.6) is 11.5 Å². The predicted molar refractivity (Wildman–Crippen MR) is 67.0 cm³/mol. The highest BCUT2D eigenvalue weighted by Gasteiger charge is 2.06. The van der Waals surface area contributed by atoms with Gasteiger partial charge in [-0.3, -0.25) is 4.79 Å². The van der Waals surface area contributed by atoms with E-state index in [1.807, 2.05) is 19.9 Å². The number of nitrogens with two attached hydrogens (primary N) is 1. The van der Waals surface area contributed by atoms with Gasteiger partial charge in [0.25, 0.3) is 0 Å². The summed E-state index contributed by atoms with van der Waals surface area (Å²) in [6, 6.07) is 5.43. The van der Waals surface area contributed by atoms with Crippen LogP contribution in [0.1, 0.15) is 19.4 Å². The van der Waals surface area contributed by atoms with Crippen molar-refractivity contribution in [1.82, 2.24) is 0 Å². The summed E-state index contributed by atoms with van der Waals surface area (Å²) < 4.78 is 10.8. The SMILES string of the molecule is COc1cc(/C=C\C(N)=O)ccc1OC(C)C. The first-order valence-electron chi connectivity index (χ1n) is 5.35. The fraction of sp³-hybridized carbons (Fsp3) is 0.308. The van der Waals surface area contributed by atoms with Gasteiger partial charge in [-0.1, -0.05) is 6.07 Å². The van der Waals surface area contributed by atoms with Crippen LogP contribution in [0.15, 0.2) is 24.3 Å². The number of benzene rings is 1. The third kappa shape index (κ3) is 4.18.